The van der Waals surface area contributed by atoms with Crippen LogP contribution in [0.2, 0.25) is 5.02 Å². The maximum atomic E-state index is 13.3. The molecular formula is C29H30ClN5O2. The number of phenols is 1. The second kappa shape index (κ2) is 11.8. The number of aromatic hydroxyl groups is 1. The highest BCUT2D eigenvalue weighted by atomic mass is 35.5. The second-order valence-electron chi connectivity index (χ2n) is 9.15. The third-order valence-corrected chi connectivity index (χ3v) is 6.40. The molecule has 37 heavy (non-hydrogen) atoms. The summed E-state index contributed by atoms with van der Waals surface area (Å²) in [6, 6.07) is 17.0. The number of rotatable bonds is 9. The van der Waals surface area contributed by atoms with Gasteiger partial charge in [-0.25, -0.2) is 9.97 Å². The number of hydrogen-bond donors (Lipinski definition) is 2. The minimum atomic E-state index is -0.0329. The standard InChI is InChI=1S/C29H30ClN5O2/c1-19(2)35(28(37)24-17-31-12-9-20(24)3)18-22-5-4-6-23(15-22)26-11-14-33-29(34-26)32-13-10-21-7-8-27(36)25(30)16-21/h4-9,11-12,14-17,19,36H,10,13,18H2,1-3H3,(H,32,33,34). The Balaban J connectivity index is 1.46. The summed E-state index contributed by atoms with van der Waals surface area (Å²) in [5, 5.41) is 13.2. The molecule has 2 N–H and O–H groups in total. The lowest BCUT2D eigenvalue weighted by atomic mass is 10.1. The zero-order valence-electron chi connectivity index (χ0n) is 21.1. The van der Waals surface area contributed by atoms with E-state index in [0.717, 1.165) is 27.9 Å². The molecule has 190 valence electrons. The highest BCUT2D eigenvalue weighted by Crippen LogP contribution is 2.24. The Bertz CT molecular complexity index is 1390. The number of aryl methyl sites for hydroxylation is 1. The SMILES string of the molecule is Cc1ccncc1C(=O)N(Cc1cccc(-c2ccnc(NCCc3ccc(O)c(Cl)c3)n2)c1)C(C)C. The largest absolute Gasteiger partial charge is 0.506 e. The molecule has 0 bridgehead atoms. The van der Waals surface area contributed by atoms with Gasteiger partial charge in [-0.05, 0) is 74.2 Å². The first-order valence-corrected chi connectivity index (χ1v) is 12.5. The molecular weight excluding hydrogens is 486 g/mol. The number of nitrogens with one attached hydrogen (secondary N) is 1. The highest BCUT2D eigenvalue weighted by Gasteiger charge is 2.21. The molecule has 0 unspecified atom stereocenters. The van der Waals surface area contributed by atoms with E-state index < -0.39 is 0 Å². The molecule has 2 aromatic carbocycles. The van der Waals surface area contributed by atoms with Crippen molar-refractivity contribution in [2.24, 2.45) is 0 Å². The molecule has 0 saturated heterocycles. The Morgan fingerprint density at radius 2 is 1.92 bits per heavy atom. The van der Waals surface area contributed by atoms with Gasteiger partial charge in [0, 0.05) is 43.3 Å². The summed E-state index contributed by atoms with van der Waals surface area (Å²) in [7, 11) is 0. The normalized spacial score (nSPS) is 10.9. The van der Waals surface area contributed by atoms with Gasteiger partial charge in [0.15, 0.2) is 0 Å². The summed E-state index contributed by atoms with van der Waals surface area (Å²) in [5.41, 5.74) is 5.28. The fourth-order valence-electron chi connectivity index (χ4n) is 3.99. The Kier molecular flexibility index (Phi) is 8.36. The van der Waals surface area contributed by atoms with Crippen molar-refractivity contribution in [3.05, 3.63) is 100 Å². The smallest absolute Gasteiger partial charge is 0.256 e. The van der Waals surface area contributed by atoms with Gasteiger partial charge >= 0.3 is 0 Å². The van der Waals surface area contributed by atoms with Crippen LogP contribution in [-0.2, 0) is 13.0 Å². The quantitative estimate of drug-likeness (QED) is 0.288. The van der Waals surface area contributed by atoms with Crippen LogP contribution < -0.4 is 5.32 Å². The fraction of sp³-hybridized carbons (Fsp3) is 0.241. The van der Waals surface area contributed by atoms with Crippen molar-refractivity contribution in [2.75, 3.05) is 11.9 Å². The lowest BCUT2D eigenvalue weighted by molar-refractivity contribution is 0.0689. The summed E-state index contributed by atoms with van der Waals surface area (Å²) >= 11 is 6.00. The lowest BCUT2D eigenvalue weighted by Crippen LogP contribution is -2.36. The molecule has 0 aliphatic heterocycles. The van der Waals surface area contributed by atoms with Crippen molar-refractivity contribution < 1.29 is 9.90 Å². The van der Waals surface area contributed by atoms with Crippen LogP contribution in [0.1, 0.15) is 40.9 Å². The molecule has 0 radical (unpaired) electrons. The molecule has 1 amide bonds. The predicted octanol–water partition coefficient (Wildman–Crippen LogP) is 5.91. The number of pyridine rings is 1. The van der Waals surface area contributed by atoms with Gasteiger partial charge in [-0.2, -0.15) is 0 Å². The number of benzene rings is 2. The van der Waals surface area contributed by atoms with Gasteiger partial charge < -0.3 is 15.3 Å². The monoisotopic (exact) mass is 515 g/mol. The van der Waals surface area contributed by atoms with Gasteiger partial charge in [0.05, 0.1) is 16.3 Å². The molecule has 0 aliphatic carbocycles. The highest BCUT2D eigenvalue weighted by molar-refractivity contribution is 6.32. The Morgan fingerprint density at radius 1 is 1.08 bits per heavy atom. The van der Waals surface area contributed by atoms with E-state index in [-0.39, 0.29) is 17.7 Å². The molecule has 2 aromatic heterocycles. The van der Waals surface area contributed by atoms with E-state index in [1.165, 1.54) is 0 Å². The fourth-order valence-corrected chi connectivity index (χ4v) is 4.19. The van der Waals surface area contributed by atoms with Gasteiger partial charge in [-0.1, -0.05) is 35.9 Å². The maximum Gasteiger partial charge on any atom is 0.256 e. The summed E-state index contributed by atoms with van der Waals surface area (Å²) in [5.74, 6) is 0.568. The first-order valence-electron chi connectivity index (χ1n) is 12.2. The van der Waals surface area contributed by atoms with E-state index in [0.29, 0.717) is 36.0 Å². The zero-order chi connectivity index (χ0) is 26.4. The van der Waals surface area contributed by atoms with Crippen LogP contribution >= 0.6 is 11.6 Å². The van der Waals surface area contributed by atoms with Crippen LogP contribution in [0.4, 0.5) is 5.95 Å². The average Bonchev–Trinajstić information content (AvgIpc) is 2.89. The number of carbonyl (C=O) groups is 1. The molecule has 0 saturated carbocycles. The second-order valence-corrected chi connectivity index (χ2v) is 9.55. The third kappa shape index (κ3) is 6.62. The summed E-state index contributed by atoms with van der Waals surface area (Å²) in [4.78, 5) is 28.3. The number of hydrogen-bond acceptors (Lipinski definition) is 6. The molecule has 0 spiro atoms. The summed E-state index contributed by atoms with van der Waals surface area (Å²) in [6.45, 7) is 7.05. The van der Waals surface area contributed by atoms with E-state index in [1.54, 1.807) is 30.7 Å². The minimum absolute atomic E-state index is 0.0223. The first-order chi connectivity index (χ1) is 17.8. The lowest BCUT2D eigenvalue weighted by Gasteiger charge is -2.27. The van der Waals surface area contributed by atoms with Gasteiger partial charge in [-0.3, -0.25) is 9.78 Å². The Hall–Kier alpha value is -3.97. The van der Waals surface area contributed by atoms with E-state index >= 15 is 0 Å². The van der Waals surface area contributed by atoms with Crippen LogP contribution in [0.15, 0.2) is 73.2 Å². The number of amides is 1. The van der Waals surface area contributed by atoms with Gasteiger partial charge in [-0.15, -0.1) is 0 Å². The molecule has 0 fully saturated rings. The van der Waals surface area contributed by atoms with Crippen molar-refractivity contribution in [3.8, 4) is 17.0 Å². The van der Waals surface area contributed by atoms with Gasteiger partial charge in [0.2, 0.25) is 5.95 Å². The van der Waals surface area contributed by atoms with Crippen LogP contribution in [-0.4, -0.2) is 43.5 Å². The van der Waals surface area contributed by atoms with E-state index in [1.807, 2.05) is 62.1 Å². The van der Waals surface area contributed by atoms with Crippen molar-refractivity contribution >= 4 is 23.5 Å². The van der Waals surface area contributed by atoms with Crippen LogP contribution in [0.25, 0.3) is 11.3 Å². The molecule has 4 rings (SSSR count). The zero-order valence-corrected chi connectivity index (χ0v) is 21.9. The number of halogens is 1. The van der Waals surface area contributed by atoms with E-state index in [4.69, 9.17) is 11.6 Å². The molecule has 4 aromatic rings. The molecule has 2 heterocycles. The Morgan fingerprint density at radius 3 is 2.68 bits per heavy atom. The van der Waals surface area contributed by atoms with E-state index in [2.05, 4.69) is 26.3 Å². The van der Waals surface area contributed by atoms with Crippen LogP contribution in [0.5, 0.6) is 5.75 Å². The van der Waals surface area contributed by atoms with Crippen molar-refractivity contribution in [1.82, 2.24) is 19.9 Å². The Labute approximate surface area is 222 Å². The summed E-state index contributed by atoms with van der Waals surface area (Å²) in [6.07, 6.45) is 5.76. The molecule has 7 nitrogen and oxygen atoms in total. The van der Waals surface area contributed by atoms with Crippen LogP contribution in [0, 0.1) is 6.92 Å². The van der Waals surface area contributed by atoms with Crippen molar-refractivity contribution in [3.63, 3.8) is 0 Å². The van der Waals surface area contributed by atoms with Crippen molar-refractivity contribution in [1.29, 1.82) is 0 Å². The number of aromatic nitrogens is 3. The van der Waals surface area contributed by atoms with E-state index in [9.17, 15) is 9.90 Å². The predicted molar refractivity (Wildman–Crippen MR) is 147 cm³/mol. The average molecular weight is 516 g/mol. The first kappa shape index (κ1) is 26.1. The molecule has 8 heteroatoms. The number of nitrogens with zero attached hydrogens (tertiary/aromatic N) is 4. The topological polar surface area (TPSA) is 91.2 Å². The minimum Gasteiger partial charge on any atom is -0.506 e. The van der Waals surface area contributed by atoms with Crippen molar-refractivity contribution in [2.45, 2.75) is 39.8 Å². The van der Waals surface area contributed by atoms with Crippen LogP contribution in [0.3, 0.4) is 0 Å². The number of carbonyl (C=O) groups excluding carboxylic acids is 1. The van der Waals surface area contributed by atoms with Gasteiger partial charge in [0.25, 0.3) is 5.91 Å². The molecule has 0 aliphatic rings. The third-order valence-electron chi connectivity index (χ3n) is 6.09. The maximum absolute atomic E-state index is 13.3. The summed E-state index contributed by atoms with van der Waals surface area (Å²) < 4.78 is 0. The number of phenolic OH excluding ortho intramolecular Hbond substituents is 1. The number of anilines is 1. The molecule has 0 atom stereocenters. The van der Waals surface area contributed by atoms with Gasteiger partial charge in [0.1, 0.15) is 5.75 Å².